The largest absolute Gasteiger partial charge is 0.462 e. The lowest BCUT2D eigenvalue weighted by Gasteiger charge is -2.26. The van der Waals surface area contributed by atoms with E-state index in [1.807, 2.05) is 37.3 Å². The molecule has 1 saturated heterocycles. The number of fused-ring (bicyclic) bond motifs is 1. The summed E-state index contributed by atoms with van der Waals surface area (Å²) in [5.74, 6) is -0.313. The van der Waals surface area contributed by atoms with Gasteiger partial charge in [-0.15, -0.1) is 0 Å². The number of likely N-dealkylation sites (tertiary alicyclic amines) is 1. The van der Waals surface area contributed by atoms with E-state index in [9.17, 15) is 4.79 Å². The summed E-state index contributed by atoms with van der Waals surface area (Å²) in [5.41, 5.74) is 6.46. The van der Waals surface area contributed by atoms with Crippen LogP contribution < -0.4 is 0 Å². The number of hydrogen-bond donors (Lipinski definition) is 1. The van der Waals surface area contributed by atoms with Gasteiger partial charge in [-0.3, -0.25) is 4.90 Å². The normalized spacial score (nSPS) is 14.8. The van der Waals surface area contributed by atoms with Crippen LogP contribution in [0, 0.1) is 0 Å². The van der Waals surface area contributed by atoms with Gasteiger partial charge in [-0.2, -0.15) is 0 Å². The second-order valence-electron chi connectivity index (χ2n) is 9.04. The molecule has 1 N–H and O–H groups in total. The van der Waals surface area contributed by atoms with Crippen molar-refractivity contribution in [3.8, 4) is 0 Å². The molecule has 0 radical (unpaired) electrons. The topological polar surface area (TPSA) is 57.7 Å². The Kier molecular flexibility index (Phi) is 7.05. The van der Waals surface area contributed by atoms with Crippen molar-refractivity contribution < 1.29 is 9.53 Å². The fraction of sp³-hybridized carbons (Fsp3) is 0.267. The van der Waals surface area contributed by atoms with Crippen molar-refractivity contribution in [3.63, 3.8) is 0 Å². The zero-order chi connectivity index (χ0) is 24.0. The van der Waals surface area contributed by atoms with Crippen LogP contribution in [-0.2, 0) is 11.3 Å². The minimum absolute atomic E-state index is 0.313. The molecule has 1 aliphatic heterocycles. The maximum Gasteiger partial charge on any atom is 0.338 e. The quantitative estimate of drug-likeness (QED) is 0.250. The standard InChI is InChI=1S/C30H31N3O2/c1-2-35-30(34)25-14-13-24-19-28(32-27(24)20-25)29(23-9-5-3-6-10-23)31-26-15-11-22(12-16-26)21-33-17-7-4-8-18-33/h3,5-6,9-16,19-20,32H,2,4,7-8,17-18,21H2,1H3. The fourth-order valence-corrected chi connectivity index (χ4v) is 4.65. The molecule has 1 aromatic heterocycles. The Morgan fingerprint density at radius 2 is 1.69 bits per heavy atom. The van der Waals surface area contributed by atoms with Gasteiger partial charge < -0.3 is 9.72 Å². The molecule has 0 amide bonds. The van der Waals surface area contributed by atoms with Gasteiger partial charge in [-0.25, -0.2) is 9.79 Å². The highest BCUT2D eigenvalue weighted by Crippen LogP contribution is 2.24. The molecule has 0 unspecified atom stereocenters. The van der Waals surface area contributed by atoms with Crippen molar-refractivity contribution in [2.24, 2.45) is 4.99 Å². The van der Waals surface area contributed by atoms with Crippen LogP contribution in [-0.4, -0.2) is 41.3 Å². The number of ether oxygens (including phenoxy) is 1. The average Bonchev–Trinajstić information content (AvgIpc) is 3.32. The van der Waals surface area contributed by atoms with E-state index in [1.165, 1.54) is 37.9 Å². The van der Waals surface area contributed by atoms with Crippen LogP contribution in [0.15, 0.2) is 83.9 Å². The minimum Gasteiger partial charge on any atom is -0.462 e. The average molecular weight is 466 g/mol. The third-order valence-corrected chi connectivity index (χ3v) is 6.47. The van der Waals surface area contributed by atoms with Crippen LogP contribution in [0.3, 0.4) is 0 Å². The van der Waals surface area contributed by atoms with E-state index in [-0.39, 0.29) is 5.97 Å². The predicted octanol–water partition coefficient (Wildman–Crippen LogP) is 6.50. The SMILES string of the molecule is CCOC(=O)c1ccc2cc(C(=Nc3ccc(CN4CCCCC4)cc3)c3ccccc3)[nH]c2c1. The minimum atomic E-state index is -0.313. The van der Waals surface area contributed by atoms with Crippen molar-refractivity contribution >= 4 is 28.3 Å². The van der Waals surface area contributed by atoms with Crippen molar-refractivity contribution in [1.82, 2.24) is 9.88 Å². The molecular weight excluding hydrogens is 434 g/mol. The number of aromatic nitrogens is 1. The van der Waals surface area contributed by atoms with Crippen molar-refractivity contribution in [3.05, 3.63) is 101 Å². The zero-order valence-electron chi connectivity index (χ0n) is 20.2. The Balaban J connectivity index is 1.46. The van der Waals surface area contributed by atoms with E-state index in [2.05, 4.69) is 52.3 Å². The van der Waals surface area contributed by atoms with Crippen molar-refractivity contribution in [2.45, 2.75) is 32.7 Å². The van der Waals surface area contributed by atoms with Gasteiger partial charge in [0.05, 0.1) is 29.3 Å². The molecule has 3 aromatic carbocycles. The van der Waals surface area contributed by atoms with Crippen LogP contribution in [0.25, 0.3) is 10.9 Å². The Morgan fingerprint density at radius 3 is 2.43 bits per heavy atom. The summed E-state index contributed by atoms with van der Waals surface area (Å²) in [4.78, 5) is 23.2. The number of aliphatic imine (C=N–C) groups is 1. The first-order chi connectivity index (χ1) is 17.2. The maximum atomic E-state index is 12.2. The monoisotopic (exact) mass is 465 g/mol. The van der Waals surface area contributed by atoms with Gasteiger partial charge in [0.1, 0.15) is 0 Å². The molecule has 5 heteroatoms. The lowest BCUT2D eigenvalue weighted by molar-refractivity contribution is 0.0526. The number of esters is 1. The molecule has 1 fully saturated rings. The van der Waals surface area contributed by atoms with Crippen LogP contribution in [0.2, 0.25) is 0 Å². The molecule has 1 aliphatic rings. The predicted molar refractivity (Wildman–Crippen MR) is 142 cm³/mol. The van der Waals surface area contributed by atoms with Crippen molar-refractivity contribution in [1.29, 1.82) is 0 Å². The van der Waals surface area contributed by atoms with Gasteiger partial charge in [0, 0.05) is 23.0 Å². The number of nitrogens with one attached hydrogen (secondary N) is 1. The van der Waals surface area contributed by atoms with Crippen LogP contribution in [0.5, 0.6) is 0 Å². The number of piperidine rings is 1. The summed E-state index contributed by atoms with van der Waals surface area (Å²) in [5, 5.41) is 1.02. The van der Waals surface area contributed by atoms with Gasteiger partial charge >= 0.3 is 5.97 Å². The first-order valence-corrected chi connectivity index (χ1v) is 12.5. The van der Waals surface area contributed by atoms with Gasteiger partial charge in [0.15, 0.2) is 0 Å². The number of rotatable bonds is 7. The Labute approximate surface area is 206 Å². The second kappa shape index (κ2) is 10.7. The molecule has 0 spiro atoms. The van der Waals surface area contributed by atoms with E-state index in [4.69, 9.17) is 9.73 Å². The van der Waals surface area contributed by atoms with Gasteiger partial charge in [0.2, 0.25) is 0 Å². The highest BCUT2D eigenvalue weighted by Gasteiger charge is 2.14. The third-order valence-electron chi connectivity index (χ3n) is 6.47. The molecular formula is C30H31N3O2. The summed E-state index contributed by atoms with van der Waals surface area (Å²) in [6, 6.07) is 26.4. The van der Waals surface area contributed by atoms with Gasteiger partial charge in [-0.05, 0) is 68.8 Å². The zero-order valence-corrected chi connectivity index (χ0v) is 20.2. The smallest absolute Gasteiger partial charge is 0.338 e. The van der Waals surface area contributed by atoms with Gasteiger partial charge in [-0.1, -0.05) is 55.0 Å². The molecule has 0 aliphatic carbocycles. The van der Waals surface area contributed by atoms with E-state index in [0.29, 0.717) is 12.2 Å². The van der Waals surface area contributed by atoms with E-state index in [1.54, 1.807) is 6.07 Å². The van der Waals surface area contributed by atoms with Gasteiger partial charge in [0.25, 0.3) is 0 Å². The van der Waals surface area contributed by atoms with E-state index < -0.39 is 0 Å². The first kappa shape index (κ1) is 23.1. The fourth-order valence-electron chi connectivity index (χ4n) is 4.65. The molecule has 178 valence electrons. The summed E-state index contributed by atoms with van der Waals surface area (Å²) >= 11 is 0. The van der Waals surface area contributed by atoms with E-state index in [0.717, 1.165) is 40.1 Å². The third kappa shape index (κ3) is 5.52. The summed E-state index contributed by atoms with van der Waals surface area (Å²) < 4.78 is 5.16. The summed E-state index contributed by atoms with van der Waals surface area (Å²) in [6.07, 6.45) is 3.95. The number of aromatic amines is 1. The Bertz CT molecular complexity index is 1320. The van der Waals surface area contributed by atoms with Crippen LogP contribution in [0.1, 0.15) is 53.4 Å². The Morgan fingerprint density at radius 1 is 0.914 bits per heavy atom. The number of benzene rings is 3. The number of H-pyrrole nitrogens is 1. The summed E-state index contributed by atoms with van der Waals surface area (Å²) in [6.45, 7) is 5.55. The highest BCUT2D eigenvalue weighted by atomic mass is 16.5. The molecule has 0 atom stereocenters. The molecule has 0 bridgehead atoms. The molecule has 5 rings (SSSR count). The second-order valence-corrected chi connectivity index (χ2v) is 9.04. The molecule has 0 saturated carbocycles. The molecule has 35 heavy (non-hydrogen) atoms. The molecule has 2 heterocycles. The van der Waals surface area contributed by atoms with Crippen molar-refractivity contribution in [2.75, 3.05) is 19.7 Å². The number of hydrogen-bond acceptors (Lipinski definition) is 4. The van der Waals surface area contributed by atoms with Crippen LogP contribution in [0.4, 0.5) is 5.69 Å². The number of carbonyl (C=O) groups excluding carboxylic acids is 1. The van der Waals surface area contributed by atoms with Crippen LogP contribution >= 0.6 is 0 Å². The lowest BCUT2D eigenvalue weighted by atomic mass is 10.1. The highest BCUT2D eigenvalue weighted by molar-refractivity contribution is 6.14. The molecule has 5 nitrogen and oxygen atoms in total. The number of carbonyl (C=O) groups is 1. The first-order valence-electron chi connectivity index (χ1n) is 12.5. The lowest BCUT2D eigenvalue weighted by Crippen LogP contribution is -2.28. The summed E-state index contributed by atoms with van der Waals surface area (Å²) in [7, 11) is 0. The Hall–Kier alpha value is -3.70. The maximum absolute atomic E-state index is 12.2. The molecule has 4 aromatic rings. The van der Waals surface area contributed by atoms with E-state index >= 15 is 0 Å². The number of nitrogens with zero attached hydrogens (tertiary/aromatic N) is 2.